The van der Waals surface area contributed by atoms with Crippen molar-refractivity contribution in [2.24, 2.45) is 0 Å². The molecule has 10 heteroatoms. The Morgan fingerprint density at radius 3 is 2.35 bits per heavy atom. The first-order valence-corrected chi connectivity index (χ1v) is 17.0. The van der Waals surface area contributed by atoms with E-state index in [9.17, 15) is 18.4 Å². The van der Waals surface area contributed by atoms with Crippen LogP contribution in [0.3, 0.4) is 0 Å². The zero-order valence-electron chi connectivity index (χ0n) is 27.3. The van der Waals surface area contributed by atoms with E-state index in [0.29, 0.717) is 21.8 Å². The molecule has 1 fully saturated rings. The van der Waals surface area contributed by atoms with Crippen molar-refractivity contribution in [1.82, 2.24) is 15.2 Å². The Morgan fingerprint density at radius 2 is 1.67 bits per heavy atom. The van der Waals surface area contributed by atoms with E-state index in [2.05, 4.69) is 10.3 Å². The first-order chi connectivity index (χ1) is 23.4. The number of nitrogens with two attached hydrogens (primary N) is 1. The van der Waals surface area contributed by atoms with Crippen molar-refractivity contribution < 1.29 is 22.8 Å². The number of likely N-dealkylation sites (tertiary alicyclic amines) is 1. The van der Waals surface area contributed by atoms with Crippen LogP contribution in [0.4, 0.5) is 19.0 Å². The zero-order valence-corrected chi connectivity index (χ0v) is 28.1. The van der Waals surface area contributed by atoms with E-state index >= 15 is 4.39 Å². The lowest BCUT2D eigenvalue weighted by molar-refractivity contribution is -0.116. The normalized spacial score (nSPS) is 19.0. The lowest BCUT2D eigenvalue weighted by atomic mass is 9.78. The summed E-state index contributed by atoms with van der Waals surface area (Å²) >= 11 is 1.37. The number of rotatable bonds is 8. The predicted octanol–water partition coefficient (Wildman–Crippen LogP) is 8.28. The van der Waals surface area contributed by atoms with Crippen LogP contribution in [0.5, 0.6) is 0 Å². The number of nitrogens with one attached hydrogen (secondary N) is 1. The Balaban J connectivity index is 1.22. The third-order valence-corrected chi connectivity index (χ3v) is 10.8. The number of alkyl halides is 3. The molecule has 1 atom stereocenters. The Bertz CT molecular complexity index is 1940. The molecule has 4 aromatic rings. The molecule has 2 aromatic heterocycles. The molecule has 1 unspecified atom stereocenters. The number of nitrogens with zero attached hydrogens (tertiary/aromatic N) is 2. The fourth-order valence-corrected chi connectivity index (χ4v) is 7.53. The van der Waals surface area contributed by atoms with Crippen LogP contribution in [0.25, 0.3) is 17.2 Å². The third kappa shape index (κ3) is 7.39. The largest absolute Gasteiger partial charge is 0.384 e. The van der Waals surface area contributed by atoms with Crippen LogP contribution in [0.2, 0.25) is 0 Å². The van der Waals surface area contributed by atoms with E-state index in [0.717, 1.165) is 38.3 Å². The second-order valence-corrected chi connectivity index (χ2v) is 13.6. The van der Waals surface area contributed by atoms with E-state index < -0.39 is 11.6 Å². The van der Waals surface area contributed by atoms with Crippen LogP contribution in [0, 0.1) is 13.8 Å². The molecule has 1 aliphatic carbocycles. The molecule has 2 aliphatic rings. The Hall–Kier alpha value is -4.96. The first kappa shape index (κ1) is 33.9. The highest BCUT2D eigenvalue weighted by Gasteiger charge is 2.42. The molecule has 2 amide bonds. The number of halogens is 3. The van der Waals surface area contributed by atoms with Gasteiger partial charge in [-0.25, -0.2) is 18.2 Å². The van der Waals surface area contributed by atoms with Crippen LogP contribution >= 0.6 is 11.3 Å². The quantitative estimate of drug-likeness (QED) is 0.183. The van der Waals surface area contributed by atoms with E-state index in [1.807, 2.05) is 68.5 Å². The van der Waals surface area contributed by atoms with Crippen LogP contribution < -0.4 is 11.1 Å². The fraction of sp³-hybridized carbons (Fsp3) is 0.256. The molecule has 0 radical (unpaired) electrons. The molecule has 2 aromatic carbocycles. The van der Waals surface area contributed by atoms with Gasteiger partial charge in [0, 0.05) is 60.6 Å². The minimum Gasteiger partial charge on any atom is -0.384 e. The van der Waals surface area contributed by atoms with E-state index in [1.54, 1.807) is 36.5 Å². The molecule has 49 heavy (non-hydrogen) atoms. The average molecular weight is 683 g/mol. The average Bonchev–Trinajstić information content (AvgIpc) is 3.40. The molecule has 1 saturated heterocycles. The van der Waals surface area contributed by atoms with Crippen LogP contribution in [0.15, 0.2) is 91.2 Å². The molecular formula is C39H37F3N4O2S. The van der Waals surface area contributed by atoms with Crippen molar-refractivity contribution in [1.29, 1.82) is 0 Å². The van der Waals surface area contributed by atoms with E-state index in [1.165, 1.54) is 22.3 Å². The van der Waals surface area contributed by atoms with Crippen LogP contribution in [-0.4, -0.2) is 40.7 Å². The van der Waals surface area contributed by atoms with Gasteiger partial charge in [-0.2, -0.15) is 0 Å². The van der Waals surface area contributed by atoms with Gasteiger partial charge >= 0.3 is 0 Å². The van der Waals surface area contributed by atoms with Gasteiger partial charge in [0.1, 0.15) is 5.82 Å². The molecule has 3 N–H and O–H groups in total. The monoisotopic (exact) mass is 682 g/mol. The second kappa shape index (κ2) is 13.9. The van der Waals surface area contributed by atoms with Crippen molar-refractivity contribution in [3.8, 4) is 0 Å². The number of allylic oxidation sites excluding steroid dienone is 4. The summed E-state index contributed by atoms with van der Waals surface area (Å²) in [5.41, 5.74) is 9.69. The zero-order chi connectivity index (χ0) is 34.8. The number of carbonyl (C=O) groups excluding carboxylic acids is 2. The minimum atomic E-state index is -2.73. The summed E-state index contributed by atoms with van der Waals surface area (Å²) in [6, 6.07) is 19.9. The second-order valence-electron chi connectivity index (χ2n) is 12.5. The van der Waals surface area contributed by atoms with Gasteiger partial charge in [-0.15, -0.1) is 11.3 Å². The molecule has 0 spiro atoms. The van der Waals surface area contributed by atoms with Crippen molar-refractivity contribution >= 4 is 46.2 Å². The van der Waals surface area contributed by atoms with Crippen LogP contribution in [0.1, 0.15) is 67.2 Å². The highest BCUT2D eigenvalue weighted by molar-refractivity contribution is 7.12. The summed E-state index contributed by atoms with van der Waals surface area (Å²) in [5, 5.41) is 2.92. The lowest BCUT2D eigenvalue weighted by Gasteiger charge is -2.32. The molecule has 6 nitrogen and oxygen atoms in total. The molecule has 3 heterocycles. The van der Waals surface area contributed by atoms with Gasteiger partial charge in [0.05, 0.1) is 11.4 Å². The number of anilines is 1. The molecule has 252 valence electrons. The highest BCUT2D eigenvalue weighted by atomic mass is 32.1. The van der Waals surface area contributed by atoms with Crippen molar-refractivity contribution in [3.63, 3.8) is 0 Å². The topological polar surface area (TPSA) is 88.3 Å². The maximum Gasteiger partial charge on any atom is 0.253 e. The molecule has 6 rings (SSSR count). The molecule has 0 bridgehead atoms. The van der Waals surface area contributed by atoms with E-state index in [4.69, 9.17) is 5.73 Å². The summed E-state index contributed by atoms with van der Waals surface area (Å²) in [4.78, 5) is 32.6. The Kier molecular flexibility index (Phi) is 9.61. The van der Waals surface area contributed by atoms with Crippen molar-refractivity contribution in [2.45, 2.75) is 51.2 Å². The summed E-state index contributed by atoms with van der Waals surface area (Å²) in [6.45, 7) is 4.17. The lowest BCUT2D eigenvalue weighted by Crippen LogP contribution is -2.42. The smallest absolute Gasteiger partial charge is 0.253 e. The summed E-state index contributed by atoms with van der Waals surface area (Å²) in [5.74, 6) is -2.88. The number of thiophene rings is 1. The number of amides is 2. The maximum absolute atomic E-state index is 17.6. The van der Waals surface area contributed by atoms with Gasteiger partial charge in [0.25, 0.3) is 11.8 Å². The fourth-order valence-electron chi connectivity index (χ4n) is 6.18. The van der Waals surface area contributed by atoms with Crippen molar-refractivity contribution in [3.05, 3.63) is 134 Å². The van der Waals surface area contributed by atoms with Gasteiger partial charge in [0.15, 0.2) is 5.67 Å². The molecule has 0 saturated carbocycles. The standard InChI is InChI=1S/C39H37F3N4O2S/c1-25-26(2)36(49-33(25)24-45-35(47)15-9-27-8-14-34(43)44-23-27)39(42)17-16-31(22-32(39)29-6-4-3-5-7-29)28-10-12-30(13-11-28)37(48)46-20-18-38(40,41)19-21-46/h3-16,22-23H,17-21,24H2,1-2H3,(H2,43,44)(H,45,47)/b15-9+. The van der Waals surface area contributed by atoms with Gasteiger partial charge < -0.3 is 16.0 Å². The van der Waals surface area contributed by atoms with Gasteiger partial charge in [-0.3, -0.25) is 9.59 Å². The summed E-state index contributed by atoms with van der Waals surface area (Å²) < 4.78 is 44.9. The summed E-state index contributed by atoms with van der Waals surface area (Å²) in [7, 11) is 0. The number of carbonyl (C=O) groups is 2. The minimum absolute atomic E-state index is 0.0235. The first-order valence-electron chi connectivity index (χ1n) is 16.1. The number of hydrogen-bond acceptors (Lipinski definition) is 5. The number of nitrogen functional groups attached to an aromatic ring is 1. The van der Waals surface area contributed by atoms with E-state index in [-0.39, 0.29) is 50.7 Å². The van der Waals surface area contributed by atoms with Gasteiger partial charge in [0.2, 0.25) is 5.91 Å². The third-order valence-electron chi connectivity index (χ3n) is 9.23. The maximum atomic E-state index is 17.6. The Labute approximate surface area is 287 Å². The Morgan fingerprint density at radius 1 is 0.959 bits per heavy atom. The number of pyridine rings is 1. The van der Waals surface area contributed by atoms with Gasteiger partial charge in [-0.05, 0) is 83.7 Å². The SMILES string of the molecule is Cc1c(CNC(=O)/C=C/c2ccc(N)nc2)sc(C2(F)CC=C(c3ccc(C(=O)N4CCC(F)(F)CC4)cc3)C=C2c2ccccc2)c1C. The molecule has 1 aliphatic heterocycles. The van der Waals surface area contributed by atoms with Crippen LogP contribution in [-0.2, 0) is 17.0 Å². The highest BCUT2D eigenvalue weighted by Crippen LogP contribution is 2.51. The number of hydrogen-bond donors (Lipinski definition) is 2. The van der Waals surface area contributed by atoms with Gasteiger partial charge in [-0.1, -0.05) is 48.5 Å². The number of piperidine rings is 1. The number of aromatic nitrogens is 1. The number of benzene rings is 2. The summed E-state index contributed by atoms with van der Waals surface area (Å²) in [6.07, 6.45) is 7.85. The molecular weight excluding hydrogens is 646 g/mol. The van der Waals surface area contributed by atoms with Crippen molar-refractivity contribution in [2.75, 3.05) is 18.8 Å². The predicted molar refractivity (Wildman–Crippen MR) is 190 cm³/mol.